The molecule has 0 atom stereocenters. The minimum atomic E-state index is -4.31. The van der Waals surface area contributed by atoms with Crippen LogP contribution in [-0.2, 0) is 20.4 Å². The third-order valence-electron chi connectivity index (χ3n) is 2.60. The first-order valence-electron chi connectivity index (χ1n) is 5.34. The van der Waals surface area contributed by atoms with E-state index >= 15 is 0 Å². The summed E-state index contributed by atoms with van der Waals surface area (Å²) in [6, 6.07) is 14.0. The summed E-state index contributed by atoms with van der Waals surface area (Å²) in [4.78, 5) is 0. The van der Waals surface area contributed by atoms with Crippen molar-refractivity contribution in [2.75, 3.05) is 5.73 Å². The summed E-state index contributed by atoms with van der Waals surface area (Å²) in [5.74, 6) is -0.530. The maximum Gasteiger partial charge on any atom is 0.298 e. The van der Waals surface area contributed by atoms with Gasteiger partial charge >= 0.3 is 0 Å². The first kappa shape index (κ1) is 12.6. The maximum absolute atomic E-state index is 10.9. The second kappa shape index (κ2) is 4.80. The Labute approximate surface area is 106 Å². The van der Waals surface area contributed by atoms with Crippen LogP contribution in [0.4, 0.5) is 5.69 Å². The molecule has 0 bridgehead atoms. The number of rotatable bonds is 3. The molecule has 0 aliphatic heterocycles. The van der Waals surface area contributed by atoms with Crippen molar-refractivity contribution in [3.05, 3.63) is 54.1 Å². The largest absolute Gasteiger partial charge is 0.398 e. The lowest BCUT2D eigenvalue weighted by atomic mass is 9.99. The normalized spacial score (nSPS) is 11.4. The van der Waals surface area contributed by atoms with Crippen molar-refractivity contribution in [1.29, 1.82) is 0 Å². The Bertz CT molecular complexity index is 665. The van der Waals surface area contributed by atoms with E-state index in [9.17, 15) is 13.0 Å². The van der Waals surface area contributed by atoms with Crippen LogP contribution in [0.3, 0.4) is 0 Å². The van der Waals surface area contributed by atoms with Crippen LogP contribution in [0.5, 0.6) is 0 Å². The minimum absolute atomic E-state index is 0.463. The molecule has 0 saturated carbocycles. The van der Waals surface area contributed by atoms with E-state index in [0.29, 0.717) is 16.8 Å². The molecule has 4 nitrogen and oxygen atoms in total. The van der Waals surface area contributed by atoms with E-state index in [2.05, 4.69) is 0 Å². The number of nitrogen functional groups attached to an aromatic ring is 1. The monoisotopic (exact) mass is 262 g/mol. The molecule has 2 rings (SSSR count). The van der Waals surface area contributed by atoms with E-state index in [1.54, 1.807) is 42.5 Å². The summed E-state index contributed by atoms with van der Waals surface area (Å²) in [7, 11) is -4.31. The smallest absolute Gasteiger partial charge is 0.298 e. The van der Waals surface area contributed by atoms with Gasteiger partial charge in [-0.1, -0.05) is 47.0 Å². The van der Waals surface area contributed by atoms with Crippen molar-refractivity contribution in [1.82, 2.24) is 0 Å². The van der Waals surface area contributed by atoms with Gasteiger partial charge in [0.15, 0.2) is 0 Å². The fourth-order valence-corrected chi connectivity index (χ4v) is 2.47. The van der Waals surface area contributed by atoms with Gasteiger partial charge in [0.25, 0.3) is 10.1 Å². The maximum atomic E-state index is 10.9. The molecule has 1 radical (unpaired) electrons. The van der Waals surface area contributed by atoms with Crippen LogP contribution >= 0.6 is 0 Å². The van der Waals surface area contributed by atoms with Crippen LogP contribution < -0.4 is 5.73 Å². The zero-order valence-corrected chi connectivity index (χ0v) is 10.4. The fourth-order valence-electron chi connectivity index (χ4n) is 1.84. The van der Waals surface area contributed by atoms with Gasteiger partial charge in [-0.05, 0) is 17.2 Å². The van der Waals surface area contributed by atoms with Gasteiger partial charge in [0.05, 0.1) is 0 Å². The van der Waals surface area contributed by atoms with E-state index in [0.717, 1.165) is 5.56 Å². The first-order chi connectivity index (χ1) is 8.47. The molecule has 0 heterocycles. The van der Waals surface area contributed by atoms with Crippen LogP contribution in [-0.4, -0.2) is 8.42 Å². The van der Waals surface area contributed by atoms with Crippen LogP contribution in [0, 0.1) is 0 Å². The average molecular weight is 262 g/mol. The topological polar surface area (TPSA) is 80.1 Å². The molecular weight excluding hydrogens is 250 g/mol. The highest BCUT2D eigenvalue weighted by molar-refractivity contribution is 7.84. The molecule has 2 N–H and O–H groups in total. The summed E-state index contributed by atoms with van der Waals surface area (Å²) in [6.07, 6.45) is 0. The molecule has 0 aliphatic carbocycles. The predicted octanol–water partition coefficient (Wildman–Crippen LogP) is 2.20. The second-order valence-corrected chi connectivity index (χ2v) is 5.35. The lowest BCUT2D eigenvalue weighted by molar-refractivity contribution is 0.413. The Morgan fingerprint density at radius 2 is 1.44 bits per heavy atom. The van der Waals surface area contributed by atoms with E-state index in [1.165, 1.54) is 0 Å². The summed E-state index contributed by atoms with van der Waals surface area (Å²) < 4.78 is 32.6. The number of nitrogens with two attached hydrogens (primary N) is 1. The van der Waals surface area contributed by atoms with Crippen LogP contribution in [0.15, 0.2) is 48.5 Å². The molecule has 0 fully saturated rings. The number of hydrogen-bond donors (Lipinski definition) is 1. The van der Waals surface area contributed by atoms with E-state index in [4.69, 9.17) is 5.73 Å². The highest BCUT2D eigenvalue weighted by atomic mass is 32.2. The SMILES string of the molecule is Nc1ccccc1-c1ccccc1CS([O])(=O)=O. The van der Waals surface area contributed by atoms with Gasteiger partial charge in [0, 0.05) is 11.3 Å². The van der Waals surface area contributed by atoms with Crippen LogP contribution in [0.1, 0.15) is 5.56 Å². The van der Waals surface area contributed by atoms with Crippen molar-refractivity contribution in [3.8, 4) is 11.1 Å². The Balaban J connectivity index is 2.56. The first-order valence-corrected chi connectivity index (χ1v) is 6.91. The van der Waals surface area contributed by atoms with Crippen LogP contribution in [0.2, 0.25) is 0 Å². The number of benzene rings is 2. The standard InChI is InChI=1S/C13H12NO3S/c14-13-8-4-3-7-12(13)11-6-2-1-5-10(11)9-18(15,16)17/h1-8H,9,14H2. The Morgan fingerprint density at radius 3 is 2.06 bits per heavy atom. The Hall–Kier alpha value is -1.85. The van der Waals surface area contributed by atoms with Crippen molar-refractivity contribution in [2.24, 2.45) is 0 Å². The van der Waals surface area contributed by atoms with Gasteiger partial charge < -0.3 is 5.73 Å². The Kier molecular flexibility index (Phi) is 3.36. The third kappa shape index (κ3) is 2.88. The molecule has 0 aromatic heterocycles. The fraction of sp³-hybridized carbons (Fsp3) is 0.0769. The molecule has 0 unspecified atom stereocenters. The quantitative estimate of drug-likeness (QED) is 0.861. The molecular formula is C13H12NO3S. The van der Waals surface area contributed by atoms with Gasteiger partial charge in [-0.15, -0.1) is 0 Å². The zero-order chi connectivity index (χ0) is 13.2. The average Bonchev–Trinajstić information content (AvgIpc) is 2.29. The number of anilines is 1. The second-order valence-electron chi connectivity index (χ2n) is 3.95. The molecule has 2 aromatic carbocycles. The highest BCUT2D eigenvalue weighted by Gasteiger charge is 2.14. The van der Waals surface area contributed by atoms with Crippen LogP contribution in [0.25, 0.3) is 11.1 Å². The summed E-state index contributed by atoms with van der Waals surface area (Å²) in [6.45, 7) is 0. The van der Waals surface area contributed by atoms with Crippen molar-refractivity contribution in [3.63, 3.8) is 0 Å². The number of hydrogen-bond acceptors (Lipinski definition) is 3. The van der Waals surface area contributed by atoms with Gasteiger partial charge in [-0.3, -0.25) is 0 Å². The zero-order valence-electron chi connectivity index (χ0n) is 9.54. The van der Waals surface area contributed by atoms with E-state index < -0.39 is 15.9 Å². The summed E-state index contributed by atoms with van der Waals surface area (Å²) in [5, 5.41) is 0. The Morgan fingerprint density at radius 1 is 0.889 bits per heavy atom. The molecule has 0 aliphatic rings. The molecule has 5 heteroatoms. The van der Waals surface area contributed by atoms with Crippen molar-refractivity contribution in [2.45, 2.75) is 5.75 Å². The minimum Gasteiger partial charge on any atom is -0.398 e. The molecule has 0 spiro atoms. The predicted molar refractivity (Wildman–Crippen MR) is 69.6 cm³/mol. The number of para-hydroxylation sites is 1. The van der Waals surface area contributed by atoms with Gasteiger partial charge in [-0.25, -0.2) is 0 Å². The molecule has 2 aromatic rings. The van der Waals surface area contributed by atoms with Crippen molar-refractivity contribution >= 4 is 15.8 Å². The molecule has 0 saturated heterocycles. The van der Waals surface area contributed by atoms with Crippen molar-refractivity contribution < 1.29 is 13.0 Å². The lowest BCUT2D eigenvalue weighted by Crippen LogP contribution is -2.02. The third-order valence-corrected chi connectivity index (χ3v) is 3.27. The molecule has 18 heavy (non-hydrogen) atoms. The van der Waals surface area contributed by atoms with Gasteiger partial charge in [0.2, 0.25) is 0 Å². The van der Waals surface area contributed by atoms with Gasteiger partial charge in [0.1, 0.15) is 5.75 Å². The lowest BCUT2D eigenvalue weighted by Gasteiger charge is -2.10. The van der Waals surface area contributed by atoms with E-state index in [-0.39, 0.29) is 0 Å². The molecule has 0 amide bonds. The molecule has 93 valence electrons. The highest BCUT2D eigenvalue weighted by Crippen LogP contribution is 2.29. The van der Waals surface area contributed by atoms with E-state index in [1.807, 2.05) is 6.07 Å². The van der Waals surface area contributed by atoms with Gasteiger partial charge in [-0.2, -0.15) is 8.42 Å². The summed E-state index contributed by atoms with van der Waals surface area (Å²) in [5.41, 5.74) is 8.28. The summed E-state index contributed by atoms with van der Waals surface area (Å²) >= 11 is 0.